The molecule has 0 radical (unpaired) electrons. The molecule has 128 valence electrons. The average Bonchev–Trinajstić information content (AvgIpc) is 2.71. The van der Waals surface area contributed by atoms with E-state index in [-0.39, 0.29) is 31.0 Å². The van der Waals surface area contributed by atoms with Crippen LogP contribution in [0.5, 0.6) is 11.5 Å². The van der Waals surface area contributed by atoms with Crippen LogP contribution in [0.1, 0.15) is 0 Å². The van der Waals surface area contributed by atoms with Gasteiger partial charge in [-0.25, -0.2) is 0 Å². The first-order chi connectivity index (χ1) is 12.8. The summed E-state index contributed by atoms with van der Waals surface area (Å²) >= 11 is 0. The smallest absolute Gasteiger partial charge is 0.872 e. The van der Waals surface area contributed by atoms with Gasteiger partial charge in [-0.15, -0.1) is 0 Å². The molecular weight excluding hydrogens is 390 g/mol. The molecule has 4 rings (SSSR count). The molecule has 0 amide bonds. The molecule has 5 heteroatoms. The fourth-order valence-corrected chi connectivity index (χ4v) is 2.40. The maximum atomic E-state index is 11.4. The Kier molecular flexibility index (Phi) is 7.66. The average molecular weight is 406 g/mol. The number of hydrogen-bond donors (Lipinski definition) is 0. The van der Waals surface area contributed by atoms with Gasteiger partial charge in [0.15, 0.2) is 0 Å². The Morgan fingerprint density at radius 1 is 0.481 bits per heavy atom. The van der Waals surface area contributed by atoms with Gasteiger partial charge in [0.05, 0.1) is 11.4 Å². The van der Waals surface area contributed by atoms with Gasteiger partial charge in [-0.2, -0.15) is 0 Å². The van der Waals surface area contributed by atoms with E-state index in [2.05, 4.69) is 9.97 Å². The Balaban J connectivity index is 0.000000187. The van der Waals surface area contributed by atoms with Crippen molar-refractivity contribution in [2.24, 2.45) is 0 Å². The summed E-state index contributed by atoms with van der Waals surface area (Å²) in [6.45, 7) is 0. The summed E-state index contributed by atoms with van der Waals surface area (Å²) in [6.07, 6.45) is 3.36. The van der Waals surface area contributed by atoms with Crippen molar-refractivity contribution in [1.82, 2.24) is 9.97 Å². The van der Waals surface area contributed by atoms with Gasteiger partial charge in [-0.1, -0.05) is 72.2 Å². The van der Waals surface area contributed by atoms with Crippen molar-refractivity contribution in [3.8, 4) is 34.0 Å². The minimum Gasteiger partial charge on any atom is -0.872 e. The Hall–Kier alpha value is -3.04. The molecule has 0 aliphatic rings. The van der Waals surface area contributed by atoms with Crippen molar-refractivity contribution >= 4 is 0 Å². The van der Waals surface area contributed by atoms with Crippen molar-refractivity contribution < 1.29 is 29.7 Å². The number of benzene rings is 2. The summed E-state index contributed by atoms with van der Waals surface area (Å²) in [7, 11) is 0. The van der Waals surface area contributed by atoms with E-state index in [0.29, 0.717) is 11.1 Å². The topological polar surface area (TPSA) is 71.9 Å². The molecule has 0 aliphatic heterocycles. The van der Waals surface area contributed by atoms with Crippen LogP contribution in [-0.4, -0.2) is 9.97 Å². The second-order valence-electron chi connectivity index (χ2n) is 5.42. The number of para-hydroxylation sites is 2. The molecule has 0 unspecified atom stereocenters. The fourth-order valence-electron chi connectivity index (χ4n) is 2.40. The van der Waals surface area contributed by atoms with Crippen molar-refractivity contribution in [2.45, 2.75) is 0 Å². The van der Waals surface area contributed by atoms with Gasteiger partial charge >= 0.3 is 19.5 Å². The van der Waals surface area contributed by atoms with Crippen LogP contribution in [0.3, 0.4) is 0 Å². The minimum absolute atomic E-state index is 0. The molecule has 0 atom stereocenters. The van der Waals surface area contributed by atoms with E-state index in [1.807, 2.05) is 48.5 Å². The SMILES string of the molecule is [O-]c1ccccc1-c1ccccn1.[O-]c1ccccc1-c1ccccn1.[Zn+2]. The molecule has 0 fully saturated rings. The van der Waals surface area contributed by atoms with Crippen LogP contribution in [0.4, 0.5) is 0 Å². The molecule has 2 aromatic carbocycles. The molecule has 2 aromatic heterocycles. The van der Waals surface area contributed by atoms with Gasteiger partial charge in [0.1, 0.15) is 0 Å². The maximum absolute atomic E-state index is 11.4. The predicted octanol–water partition coefficient (Wildman–Crippen LogP) is 3.64. The second-order valence-corrected chi connectivity index (χ2v) is 5.42. The number of rotatable bonds is 2. The molecule has 4 nitrogen and oxygen atoms in total. The fraction of sp³-hybridized carbons (Fsp3) is 0. The normalized spacial score (nSPS) is 9.48. The summed E-state index contributed by atoms with van der Waals surface area (Å²) in [4.78, 5) is 8.22. The molecule has 4 aromatic rings. The summed E-state index contributed by atoms with van der Waals surface area (Å²) in [5, 5.41) is 22.8. The zero-order chi connectivity index (χ0) is 18.2. The Labute approximate surface area is 171 Å². The summed E-state index contributed by atoms with van der Waals surface area (Å²) in [5.74, 6) is 0.0300. The first kappa shape index (κ1) is 20.3. The standard InChI is InChI=1S/2C11H9NO.Zn/c2*13-11-7-2-1-5-9(11)10-6-3-4-8-12-10;/h2*1-8,13H;/q;;+2/p-2. The van der Waals surface area contributed by atoms with E-state index in [4.69, 9.17) is 0 Å². The van der Waals surface area contributed by atoms with Crippen LogP contribution >= 0.6 is 0 Å². The quantitative estimate of drug-likeness (QED) is 0.477. The maximum Gasteiger partial charge on any atom is 2.00 e. The van der Waals surface area contributed by atoms with Gasteiger partial charge in [0.2, 0.25) is 0 Å². The van der Waals surface area contributed by atoms with Gasteiger partial charge in [0, 0.05) is 12.4 Å². The molecule has 2 heterocycles. The van der Waals surface area contributed by atoms with Crippen LogP contribution in [0.25, 0.3) is 22.5 Å². The van der Waals surface area contributed by atoms with Crippen LogP contribution in [0.2, 0.25) is 0 Å². The van der Waals surface area contributed by atoms with E-state index in [1.54, 1.807) is 48.8 Å². The van der Waals surface area contributed by atoms with E-state index in [9.17, 15) is 10.2 Å². The molecule has 27 heavy (non-hydrogen) atoms. The van der Waals surface area contributed by atoms with Crippen molar-refractivity contribution in [3.05, 3.63) is 97.3 Å². The Morgan fingerprint density at radius 2 is 0.852 bits per heavy atom. The molecule has 0 aliphatic carbocycles. The molecule has 0 bridgehead atoms. The van der Waals surface area contributed by atoms with Crippen LogP contribution in [-0.2, 0) is 19.5 Å². The third kappa shape index (κ3) is 5.47. The summed E-state index contributed by atoms with van der Waals surface area (Å²) < 4.78 is 0. The van der Waals surface area contributed by atoms with Gasteiger partial charge in [0.25, 0.3) is 0 Å². The third-order valence-corrected chi connectivity index (χ3v) is 3.66. The number of aromatic nitrogens is 2. The molecule has 0 N–H and O–H groups in total. The van der Waals surface area contributed by atoms with E-state index in [0.717, 1.165) is 11.4 Å². The number of pyridine rings is 2. The van der Waals surface area contributed by atoms with Gasteiger partial charge in [-0.3, -0.25) is 9.97 Å². The predicted molar refractivity (Wildman–Crippen MR) is 98.2 cm³/mol. The first-order valence-electron chi connectivity index (χ1n) is 8.10. The Bertz CT molecular complexity index is 883. The van der Waals surface area contributed by atoms with Crippen molar-refractivity contribution in [2.75, 3.05) is 0 Å². The molecule has 0 spiro atoms. The third-order valence-electron chi connectivity index (χ3n) is 3.66. The second kappa shape index (κ2) is 10.2. The van der Waals surface area contributed by atoms with Crippen LogP contribution < -0.4 is 10.2 Å². The molecule has 0 saturated heterocycles. The summed E-state index contributed by atoms with van der Waals surface area (Å²) in [5.41, 5.74) is 2.77. The zero-order valence-electron chi connectivity index (χ0n) is 14.7. The van der Waals surface area contributed by atoms with Gasteiger partial charge in [-0.05, 0) is 35.4 Å². The van der Waals surface area contributed by atoms with Gasteiger partial charge < -0.3 is 10.2 Å². The Morgan fingerprint density at radius 3 is 1.19 bits per heavy atom. The largest absolute Gasteiger partial charge is 2.00 e. The summed E-state index contributed by atoms with van der Waals surface area (Å²) in [6, 6.07) is 24.9. The molecule has 0 saturated carbocycles. The monoisotopic (exact) mass is 404 g/mol. The molecular formula is C22H16N2O2Zn. The van der Waals surface area contributed by atoms with Crippen LogP contribution in [0, 0.1) is 0 Å². The number of hydrogen-bond acceptors (Lipinski definition) is 4. The minimum atomic E-state index is 0. The van der Waals surface area contributed by atoms with E-state index in [1.165, 1.54) is 0 Å². The van der Waals surface area contributed by atoms with E-state index >= 15 is 0 Å². The first-order valence-corrected chi connectivity index (χ1v) is 8.10. The van der Waals surface area contributed by atoms with E-state index < -0.39 is 0 Å². The number of nitrogens with zero attached hydrogens (tertiary/aromatic N) is 2. The zero-order valence-corrected chi connectivity index (χ0v) is 17.6. The van der Waals surface area contributed by atoms with Crippen molar-refractivity contribution in [1.29, 1.82) is 0 Å². The van der Waals surface area contributed by atoms with Crippen molar-refractivity contribution in [3.63, 3.8) is 0 Å². The van der Waals surface area contributed by atoms with Crippen LogP contribution in [0.15, 0.2) is 97.3 Å².